The number of carbonyl (C=O) groups excluding carboxylic acids is 1. The van der Waals surface area contributed by atoms with E-state index in [-0.39, 0.29) is 27.0 Å². The van der Waals surface area contributed by atoms with Crippen molar-refractivity contribution < 1.29 is 19.8 Å². The number of phenols is 1. The summed E-state index contributed by atoms with van der Waals surface area (Å²) in [6.07, 6.45) is 1.21. The first kappa shape index (κ1) is 15.1. The van der Waals surface area contributed by atoms with Crippen molar-refractivity contribution in [2.75, 3.05) is 5.32 Å². The van der Waals surface area contributed by atoms with Gasteiger partial charge in [-0.1, -0.05) is 29.3 Å². The first-order valence-corrected chi connectivity index (χ1v) is 6.33. The van der Waals surface area contributed by atoms with Crippen LogP contribution in [-0.4, -0.2) is 27.1 Å². The van der Waals surface area contributed by atoms with Gasteiger partial charge in [-0.3, -0.25) is 4.79 Å². The smallest absolute Gasteiger partial charge is 0.339 e. The first-order valence-electron chi connectivity index (χ1n) is 5.58. The van der Waals surface area contributed by atoms with Gasteiger partial charge in [0.2, 0.25) is 0 Å². The number of halogens is 2. The van der Waals surface area contributed by atoms with Crippen molar-refractivity contribution in [1.82, 2.24) is 4.98 Å². The number of rotatable bonds is 3. The predicted octanol–water partition coefficient (Wildman–Crippen LogP) is 3.04. The molecular formula is C13H8Cl2N2O4. The van der Waals surface area contributed by atoms with Crippen molar-refractivity contribution >= 4 is 40.8 Å². The molecule has 1 heterocycles. The Morgan fingerprint density at radius 1 is 1.19 bits per heavy atom. The van der Waals surface area contributed by atoms with E-state index in [4.69, 9.17) is 28.3 Å². The van der Waals surface area contributed by atoms with Crippen LogP contribution in [0.4, 0.5) is 5.69 Å². The van der Waals surface area contributed by atoms with E-state index in [1.807, 2.05) is 0 Å². The summed E-state index contributed by atoms with van der Waals surface area (Å²) in [5.74, 6) is -2.51. The fraction of sp³-hybridized carbons (Fsp3) is 0. The Morgan fingerprint density at radius 2 is 1.90 bits per heavy atom. The molecule has 0 radical (unpaired) electrons. The number of carboxylic acids is 1. The van der Waals surface area contributed by atoms with Crippen LogP contribution in [0.15, 0.2) is 30.5 Å². The highest BCUT2D eigenvalue weighted by Gasteiger charge is 2.17. The van der Waals surface area contributed by atoms with Gasteiger partial charge in [0.05, 0.1) is 16.3 Å². The third-order valence-electron chi connectivity index (χ3n) is 2.58. The number of amides is 1. The number of para-hydroxylation sites is 1. The molecule has 0 saturated carbocycles. The third kappa shape index (κ3) is 3.24. The number of nitrogens with one attached hydrogen (secondary N) is 1. The van der Waals surface area contributed by atoms with Crippen LogP contribution in [0.3, 0.4) is 0 Å². The molecule has 1 aromatic heterocycles. The normalized spacial score (nSPS) is 10.2. The van der Waals surface area contributed by atoms with Crippen molar-refractivity contribution in [2.45, 2.75) is 0 Å². The van der Waals surface area contributed by atoms with Gasteiger partial charge in [0.25, 0.3) is 5.91 Å². The summed E-state index contributed by atoms with van der Waals surface area (Å²) in [4.78, 5) is 26.7. The molecule has 0 bridgehead atoms. The maximum absolute atomic E-state index is 12.1. The molecule has 1 aromatic carbocycles. The number of aromatic hydroxyl groups is 1. The monoisotopic (exact) mass is 326 g/mol. The Kier molecular flexibility index (Phi) is 4.30. The number of aromatic nitrogens is 1. The van der Waals surface area contributed by atoms with Gasteiger partial charge >= 0.3 is 5.97 Å². The molecule has 21 heavy (non-hydrogen) atoms. The minimum absolute atomic E-state index is 0.0519. The molecule has 0 spiro atoms. The minimum atomic E-state index is -1.31. The number of aromatic carboxylic acids is 1. The Bertz CT molecular complexity index is 734. The number of hydrogen-bond donors (Lipinski definition) is 3. The van der Waals surface area contributed by atoms with E-state index in [9.17, 15) is 14.7 Å². The van der Waals surface area contributed by atoms with E-state index in [1.54, 1.807) is 0 Å². The quantitative estimate of drug-likeness (QED) is 0.594. The second-order valence-corrected chi connectivity index (χ2v) is 4.74. The molecule has 6 nitrogen and oxygen atoms in total. The highest BCUT2D eigenvalue weighted by Crippen LogP contribution is 2.28. The summed E-state index contributed by atoms with van der Waals surface area (Å²) in [7, 11) is 0. The fourth-order valence-electron chi connectivity index (χ4n) is 1.59. The van der Waals surface area contributed by atoms with Crippen LogP contribution < -0.4 is 5.32 Å². The average Bonchev–Trinajstić information content (AvgIpc) is 2.43. The number of carboxylic acid groups (broad SMARTS) is 1. The highest BCUT2D eigenvalue weighted by atomic mass is 35.5. The lowest BCUT2D eigenvalue weighted by atomic mass is 10.1. The standard InChI is InChI=1S/C13H8Cl2N2O4/c14-8-5-16-10(15)4-7(8)12(19)17-9-3-1-2-6(11(9)18)13(20)21/h1-5,18H,(H,17,19)(H,20,21). The third-order valence-corrected chi connectivity index (χ3v) is 3.09. The Morgan fingerprint density at radius 3 is 2.57 bits per heavy atom. The molecule has 3 N–H and O–H groups in total. The first-order chi connectivity index (χ1) is 9.90. The van der Waals surface area contributed by atoms with Crippen molar-refractivity contribution in [3.63, 3.8) is 0 Å². The summed E-state index contributed by atoms with van der Waals surface area (Å²) < 4.78 is 0. The number of carbonyl (C=O) groups is 2. The molecule has 108 valence electrons. The molecule has 0 unspecified atom stereocenters. The molecule has 0 aliphatic carbocycles. The lowest BCUT2D eigenvalue weighted by molar-refractivity contribution is 0.0693. The fourth-order valence-corrected chi connectivity index (χ4v) is 1.94. The molecule has 1 amide bonds. The summed E-state index contributed by atoms with van der Waals surface area (Å²) in [6, 6.07) is 5.22. The van der Waals surface area contributed by atoms with Crippen LogP contribution in [0.1, 0.15) is 20.7 Å². The van der Waals surface area contributed by atoms with Crippen LogP contribution >= 0.6 is 23.2 Å². The van der Waals surface area contributed by atoms with Gasteiger partial charge in [0.15, 0.2) is 5.75 Å². The van der Waals surface area contributed by atoms with E-state index in [2.05, 4.69) is 10.3 Å². The van der Waals surface area contributed by atoms with Crippen molar-refractivity contribution in [1.29, 1.82) is 0 Å². The lowest BCUT2D eigenvalue weighted by Crippen LogP contribution is -2.13. The van der Waals surface area contributed by atoms with E-state index in [1.165, 1.54) is 30.5 Å². The number of nitrogens with zero attached hydrogens (tertiary/aromatic N) is 1. The molecule has 0 aliphatic rings. The zero-order chi connectivity index (χ0) is 15.6. The topological polar surface area (TPSA) is 99.5 Å². The van der Waals surface area contributed by atoms with Crippen LogP contribution in [0.2, 0.25) is 10.2 Å². The minimum Gasteiger partial charge on any atom is -0.505 e. The zero-order valence-corrected chi connectivity index (χ0v) is 11.8. The largest absolute Gasteiger partial charge is 0.505 e. The molecular weight excluding hydrogens is 319 g/mol. The molecule has 0 aliphatic heterocycles. The second kappa shape index (κ2) is 5.99. The molecule has 0 saturated heterocycles. The van der Waals surface area contributed by atoms with Gasteiger partial charge in [0, 0.05) is 6.20 Å². The molecule has 8 heteroatoms. The maximum Gasteiger partial charge on any atom is 0.339 e. The molecule has 2 rings (SSSR count). The van der Waals surface area contributed by atoms with Crippen LogP contribution in [0.25, 0.3) is 0 Å². The summed E-state index contributed by atoms with van der Waals surface area (Å²) in [6.45, 7) is 0. The van der Waals surface area contributed by atoms with Gasteiger partial charge in [-0.15, -0.1) is 0 Å². The highest BCUT2D eigenvalue weighted by molar-refractivity contribution is 6.35. The van der Waals surface area contributed by atoms with Crippen LogP contribution in [-0.2, 0) is 0 Å². The van der Waals surface area contributed by atoms with Gasteiger partial charge in [-0.05, 0) is 18.2 Å². The molecule has 2 aromatic rings. The van der Waals surface area contributed by atoms with Gasteiger partial charge in [-0.25, -0.2) is 9.78 Å². The zero-order valence-electron chi connectivity index (χ0n) is 10.3. The van der Waals surface area contributed by atoms with Crippen molar-refractivity contribution in [2.24, 2.45) is 0 Å². The Labute approximate surface area is 129 Å². The predicted molar refractivity (Wildman–Crippen MR) is 77.3 cm³/mol. The number of hydrogen-bond acceptors (Lipinski definition) is 4. The maximum atomic E-state index is 12.1. The van der Waals surface area contributed by atoms with Gasteiger partial charge in [0.1, 0.15) is 10.7 Å². The van der Waals surface area contributed by atoms with Gasteiger partial charge < -0.3 is 15.5 Å². The second-order valence-electron chi connectivity index (χ2n) is 3.95. The summed E-state index contributed by atoms with van der Waals surface area (Å²) >= 11 is 11.5. The van der Waals surface area contributed by atoms with E-state index in [0.29, 0.717) is 0 Å². The van der Waals surface area contributed by atoms with Crippen molar-refractivity contribution in [3.05, 3.63) is 51.8 Å². The SMILES string of the molecule is O=C(Nc1cccc(C(=O)O)c1O)c1cc(Cl)ncc1Cl. The number of pyridine rings is 1. The number of anilines is 1. The van der Waals surface area contributed by atoms with Crippen LogP contribution in [0, 0.1) is 0 Å². The molecule has 0 atom stereocenters. The Hall–Kier alpha value is -2.31. The average molecular weight is 327 g/mol. The van der Waals surface area contributed by atoms with Gasteiger partial charge in [-0.2, -0.15) is 0 Å². The molecule has 0 fully saturated rings. The van der Waals surface area contributed by atoms with E-state index >= 15 is 0 Å². The summed E-state index contributed by atoms with van der Waals surface area (Å²) in [5, 5.41) is 21.2. The van der Waals surface area contributed by atoms with E-state index < -0.39 is 17.6 Å². The van der Waals surface area contributed by atoms with E-state index in [0.717, 1.165) is 0 Å². The number of benzene rings is 1. The lowest BCUT2D eigenvalue weighted by Gasteiger charge is -2.10. The Balaban J connectivity index is 2.34. The van der Waals surface area contributed by atoms with Crippen molar-refractivity contribution in [3.8, 4) is 5.75 Å². The van der Waals surface area contributed by atoms with Crippen LogP contribution in [0.5, 0.6) is 5.75 Å². The summed E-state index contributed by atoms with van der Waals surface area (Å²) in [5.41, 5.74) is -0.327.